The molecule has 1 aliphatic heterocycles. The van der Waals surface area contributed by atoms with Crippen molar-refractivity contribution in [2.24, 2.45) is 0 Å². The zero-order valence-electron chi connectivity index (χ0n) is 20.3. The van der Waals surface area contributed by atoms with Crippen molar-refractivity contribution >= 4 is 27.5 Å². The molecule has 194 valence electrons. The van der Waals surface area contributed by atoms with E-state index >= 15 is 0 Å². The van der Waals surface area contributed by atoms with Crippen LogP contribution < -0.4 is 19.7 Å². The number of anilines is 1. The van der Waals surface area contributed by atoms with Crippen molar-refractivity contribution < 1.29 is 27.1 Å². The van der Waals surface area contributed by atoms with Gasteiger partial charge in [0.2, 0.25) is 11.8 Å². The summed E-state index contributed by atoms with van der Waals surface area (Å²) < 4.78 is 46.7. The second-order valence-corrected chi connectivity index (χ2v) is 10.4. The van der Waals surface area contributed by atoms with Crippen LogP contribution in [0.15, 0.2) is 83.8 Å². The molecule has 1 saturated heterocycles. The molecule has 1 fully saturated rings. The number of amides is 2. The predicted molar refractivity (Wildman–Crippen MR) is 137 cm³/mol. The van der Waals surface area contributed by atoms with Crippen molar-refractivity contribution in [2.45, 2.75) is 36.7 Å². The van der Waals surface area contributed by atoms with Crippen LogP contribution in [0.2, 0.25) is 0 Å². The summed E-state index contributed by atoms with van der Waals surface area (Å²) in [4.78, 5) is 25.6. The molecule has 3 aromatic carbocycles. The molecule has 2 atom stereocenters. The minimum atomic E-state index is -4.23. The number of rotatable bonds is 9. The fraction of sp³-hybridized carbons (Fsp3) is 0.259. The predicted octanol–water partition coefficient (Wildman–Crippen LogP) is 3.56. The number of hydrogen-bond donors (Lipinski definition) is 2. The first-order chi connectivity index (χ1) is 17.8. The molecule has 0 saturated carbocycles. The molecule has 2 unspecified atom stereocenters. The van der Waals surface area contributed by atoms with E-state index < -0.39 is 40.2 Å². The van der Waals surface area contributed by atoms with Gasteiger partial charge in [0.25, 0.3) is 10.0 Å². The maximum Gasteiger partial charge on any atom is 0.264 e. The van der Waals surface area contributed by atoms with Gasteiger partial charge in [-0.15, -0.1) is 0 Å². The maximum absolute atomic E-state index is 13.5. The second kappa shape index (κ2) is 11.5. The van der Waals surface area contributed by atoms with Crippen molar-refractivity contribution in [3.8, 4) is 5.75 Å². The Morgan fingerprint density at radius 1 is 1.00 bits per heavy atom. The molecule has 0 spiro atoms. The van der Waals surface area contributed by atoms with E-state index in [1.165, 1.54) is 36.4 Å². The highest BCUT2D eigenvalue weighted by atomic mass is 32.2. The summed E-state index contributed by atoms with van der Waals surface area (Å²) in [7, 11) is -4.23. The highest BCUT2D eigenvalue weighted by molar-refractivity contribution is 7.92. The van der Waals surface area contributed by atoms with E-state index in [1.54, 1.807) is 0 Å². The van der Waals surface area contributed by atoms with Gasteiger partial charge in [-0.05, 0) is 73.9 Å². The number of nitrogens with one attached hydrogen (secondary N) is 2. The third kappa shape index (κ3) is 6.33. The van der Waals surface area contributed by atoms with Crippen LogP contribution >= 0.6 is 0 Å². The van der Waals surface area contributed by atoms with Crippen LogP contribution in [0.25, 0.3) is 0 Å². The monoisotopic (exact) mass is 525 g/mol. The molecule has 0 aliphatic carbocycles. The number of carbonyl (C=O) groups is 2. The van der Waals surface area contributed by atoms with E-state index in [0.717, 1.165) is 28.4 Å². The third-order valence-electron chi connectivity index (χ3n) is 6.05. The molecule has 0 bridgehead atoms. The van der Waals surface area contributed by atoms with Crippen LogP contribution in [0.3, 0.4) is 0 Å². The highest BCUT2D eigenvalue weighted by Gasteiger charge is 2.32. The van der Waals surface area contributed by atoms with E-state index in [9.17, 15) is 22.4 Å². The summed E-state index contributed by atoms with van der Waals surface area (Å²) in [6, 6.07) is 19.6. The minimum Gasteiger partial charge on any atom is -0.494 e. The molecule has 2 amide bonds. The van der Waals surface area contributed by atoms with Gasteiger partial charge >= 0.3 is 0 Å². The van der Waals surface area contributed by atoms with Crippen LogP contribution in [0, 0.1) is 5.82 Å². The first kappa shape index (κ1) is 26.3. The molecule has 1 heterocycles. The van der Waals surface area contributed by atoms with E-state index in [-0.39, 0.29) is 16.6 Å². The third-order valence-corrected chi connectivity index (χ3v) is 7.84. The van der Waals surface area contributed by atoms with E-state index in [2.05, 4.69) is 10.6 Å². The molecule has 8 nitrogen and oxygen atoms in total. The zero-order chi connectivity index (χ0) is 26.4. The summed E-state index contributed by atoms with van der Waals surface area (Å²) in [6.45, 7) is 1.56. The van der Waals surface area contributed by atoms with Crippen LogP contribution in [0.4, 0.5) is 10.1 Å². The standard InChI is InChI=1S/C27H28FN3O5S/c1-2-36-22-12-14-23(15-13-22)37(34,35)31(21-10-8-20(28)9-11-21)18-26(32)30-27(33)25-17-16-24(29-25)19-6-4-3-5-7-19/h3-15,24-25,29H,2,16-18H2,1H3,(H,30,32,33). The highest BCUT2D eigenvalue weighted by Crippen LogP contribution is 2.27. The lowest BCUT2D eigenvalue weighted by Gasteiger charge is -2.24. The number of hydrogen-bond acceptors (Lipinski definition) is 6. The van der Waals surface area contributed by atoms with Gasteiger partial charge in [0.05, 0.1) is 23.2 Å². The number of sulfonamides is 1. The molecule has 0 radical (unpaired) electrons. The normalized spacial score (nSPS) is 17.2. The zero-order valence-corrected chi connectivity index (χ0v) is 21.1. The quantitative estimate of drug-likeness (QED) is 0.443. The molecule has 10 heteroatoms. The lowest BCUT2D eigenvalue weighted by molar-refractivity contribution is -0.130. The molecular formula is C27H28FN3O5S. The molecular weight excluding hydrogens is 497 g/mol. The Labute approximate surface area is 215 Å². The number of ether oxygens (including phenoxy) is 1. The molecule has 0 aromatic heterocycles. The minimum absolute atomic E-state index is 0.0113. The van der Waals surface area contributed by atoms with Gasteiger partial charge in [0, 0.05) is 6.04 Å². The Morgan fingerprint density at radius 3 is 2.32 bits per heavy atom. The average Bonchev–Trinajstić information content (AvgIpc) is 3.40. The SMILES string of the molecule is CCOc1ccc(S(=O)(=O)N(CC(=O)NC(=O)C2CCC(c3ccccc3)N2)c2ccc(F)cc2)cc1. The average molecular weight is 526 g/mol. The second-order valence-electron chi connectivity index (χ2n) is 8.56. The number of imide groups is 1. The van der Waals surface area contributed by atoms with Gasteiger partial charge < -0.3 is 4.74 Å². The van der Waals surface area contributed by atoms with Crippen molar-refractivity contribution in [2.75, 3.05) is 17.5 Å². The van der Waals surface area contributed by atoms with Gasteiger partial charge in [-0.25, -0.2) is 12.8 Å². The van der Waals surface area contributed by atoms with Crippen LogP contribution in [-0.4, -0.2) is 39.4 Å². The van der Waals surface area contributed by atoms with Gasteiger partial charge in [0.1, 0.15) is 18.1 Å². The Hall–Kier alpha value is -3.76. The Kier molecular flexibility index (Phi) is 8.20. The fourth-order valence-electron chi connectivity index (χ4n) is 4.22. The number of nitrogens with zero attached hydrogens (tertiary/aromatic N) is 1. The summed E-state index contributed by atoms with van der Waals surface area (Å²) in [5.41, 5.74) is 1.13. The van der Waals surface area contributed by atoms with Crippen molar-refractivity contribution in [1.29, 1.82) is 0 Å². The first-order valence-corrected chi connectivity index (χ1v) is 13.4. The first-order valence-electron chi connectivity index (χ1n) is 11.9. The molecule has 37 heavy (non-hydrogen) atoms. The molecule has 1 aliphatic rings. The maximum atomic E-state index is 13.5. The topological polar surface area (TPSA) is 105 Å². The lowest BCUT2D eigenvalue weighted by atomic mass is 10.1. The number of benzene rings is 3. The van der Waals surface area contributed by atoms with Crippen LogP contribution in [0.5, 0.6) is 5.75 Å². The smallest absolute Gasteiger partial charge is 0.264 e. The summed E-state index contributed by atoms with van der Waals surface area (Å²) in [5.74, 6) is -1.38. The Morgan fingerprint density at radius 2 is 1.68 bits per heavy atom. The van der Waals surface area contributed by atoms with E-state index in [4.69, 9.17) is 4.74 Å². The van der Waals surface area contributed by atoms with Crippen molar-refractivity contribution in [3.63, 3.8) is 0 Å². The lowest BCUT2D eigenvalue weighted by Crippen LogP contribution is -2.48. The largest absolute Gasteiger partial charge is 0.494 e. The van der Waals surface area contributed by atoms with Crippen molar-refractivity contribution in [1.82, 2.24) is 10.6 Å². The fourth-order valence-corrected chi connectivity index (χ4v) is 5.64. The van der Waals surface area contributed by atoms with Gasteiger partial charge in [0.15, 0.2) is 0 Å². The number of halogens is 1. The Bertz CT molecular complexity index is 1330. The van der Waals surface area contributed by atoms with E-state index in [1.807, 2.05) is 37.3 Å². The van der Waals surface area contributed by atoms with Crippen LogP contribution in [-0.2, 0) is 19.6 Å². The van der Waals surface area contributed by atoms with Gasteiger partial charge in [-0.2, -0.15) is 0 Å². The van der Waals surface area contributed by atoms with Crippen LogP contribution in [0.1, 0.15) is 31.4 Å². The summed E-state index contributed by atoms with van der Waals surface area (Å²) >= 11 is 0. The molecule has 4 rings (SSSR count). The number of carbonyl (C=O) groups excluding carboxylic acids is 2. The Balaban J connectivity index is 1.49. The van der Waals surface area contributed by atoms with Crippen molar-refractivity contribution in [3.05, 3.63) is 90.2 Å². The van der Waals surface area contributed by atoms with Gasteiger partial charge in [-0.1, -0.05) is 30.3 Å². The molecule has 3 aromatic rings. The van der Waals surface area contributed by atoms with Gasteiger partial charge in [-0.3, -0.25) is 24.5 Å². The molecule has 2 N–H and O–H groups in total. The summed E-state index contributed by atoms with van der Waals surface area (Å²) in [6.07, 6.45) is 1.26. The summed E-state index contributed by atoms with van der Waals surface area (Å²) in [5, 5.41) is 5.54. The van der Waals surface area contributed by atoms with E-state index in [0.29, 0.717) is 18.8 Å².